The molecule has 0 bridgehead atoms. The second-order valence-electron chi connectivity index (χ2n) is 5.07. The molecule has 0 aromatic heterocycles. The predicted molar refractivity (Wildman–Crippen MR) is 71.9 cm³/mol. The summed E-state index contributed by atoms with van der Waals surface area (Å²) >= 11 is 0. The number of hydrogen-bond donors (Lipinski definition) is 3. The van der Waals surface area contributed by atoms with Crippen LogP contribution in [0.5, 0.6) is 0 Å². The highest BCUT2D eigenvalue weighted by molar-refractivity contribution is 5.97. The molecule has 2 amide bonds. The van der Waals surface area contributed by atoms with E-state index in [1.54, 1.807) is 45.0 Å². The van der Waals surface area contributed by atoms with Crippen LogP contribution in [-0.4, -0.2) is 18.4 Å². The van der Waals surface area contributed by atoms with Crippen molar-refractivity contribution < 1.29 is 9.59 Å². The molecule has 0 unspecified atom stereocenters. The topological polar surface area (TPSA) is 84.2 Å². The van der Waals surface area contributed by atoms with E-state index < -0.39 is 5.41 Å². The lowest BCUT2D eigenvalue weighted by atomic mass is 9.96. The van der Waals surface area contributed by atoms with Gasteiger partial charge in [-0.3, -0.25) is 9.59 Å². The zero-order valence-electron chi connectivity index (χ0n) is 10.9. The molecule has 0 aliphatic carbocycles. The van der Waals surface area contributed by atoms with E-state index in [2.05, 4.69) is 10.6 Å². The van der Waals surface area contributed by atoms with Gasteiger partial charge in [-0.2, -0.15) is 0 Å². The summed E-state index contributed by atoms with van der Waals surface area (Å²) < 4.78 is 0. The number of amides is 2. The van der Waals surface area contributed by atoms with E-state index in [1.807, 2.05) is 0 Å². The second kappa shape index (κ2) is 5.53. The normalized spacial score (nSPS) is 10.8. The Morgan fingerprint density at radius 1 is 1.22 bits per heavy atom. The smallest absolute Gasteiger partial charge is 0.243 e. The third-order valence-corrected chi connectivity index (χ3v) is 2.33. The summed E-state index contributed by atoms with van der Waals surface area (Å²) in [6.07, 6.45) is 0. The first-order valence-corrected chi connectivity index (χ1v) is 5.73. The average Bonchev–Trinajstić information content (AvgIpc) is 2.27. The molecule has 0 atom stereocenters. The number of benzene rings is 1. The quantitative estimate of drug-likeness (QED) is 0.707. The Kier molecular flexibility index (Phi) is 4.31. The first-order valence-electron chi connectivity index (χ1n) is 5.73. The largest absolute Gasteiger partial charge is 0.397 e. The molecule has 0 spiro atoms. The van der Waals surface area contributed by atoms with Crippen molar-refractivity contribution in [3.05, 3.63) is 24.3 Å². The summed E-state index contributed by atoms with van der Waals surface area (Å²) in [7, 11) is 0. The van der Waals surface area contributed by atoms with Gasteiger partial charge in [-0.15, -0.1) is 0 Å². The minimum Gasteiger partial charge on any atom is -0.397 e. The maximum atomic E-state index is 11.6. The molecule has 0 fully saturated rings. The summed E-state index contributed by atoms with van der Waals surface area (Å²) in [6.45, 7) is 5.30. The fraction of sp³-hybridized carbons (Fsp3) is 0.385. The van der Waals surface area contributed by atoms with Crippen LogP contribution in [0.3, 0.4) is 0 Å². The summed E-state index contributed by atoms with van der Waals surface area (Å²) in [5, 5.41) is 5.21. The Hall–Kier alpha value is -2.04. The molecule has 1 aromatic carbocycles. The van der Waals surface area contributed by atoms with Gasteiger partial charge in [-0.25, -0.2) is 0 Å². The minimum absolute atomic E-state index is 0.0650. The Balaban J connectivity index is 2.49. The van der Waals surface area contributed by atoms with E-state index in [0.717, 1.165) is 0 Å². The fourth-order valence-electron chi connectivity index (χ4n) is 1.23. The van der Waals surface area contributed by atoms with Crippen molar-refractivity contribution in [2.75, 3.05) is 17.6 Å². The van der Waals surface area contributed by atoms with Gasteiger partial charge in [0.25, 0.3) is 0 Å². The first-order chi connectivity index (χ1) is 8.30. The number of carbonyl (C=O) groups excluding carboxylic acids is 2. The molecule has 5 heteroatoms. The summed E-state index contributed by atoms with van der Waals surface area (Å²) in [5.41, 5.74) is 6.23. The number of hydrogen-bond acceptors (Lipinski definition) is 3. The van der Waals surface area contributed by atoms with Crippen LogP contribution in [0.1, 0.15) is 20.8 Å². The highest BCUT2D eigenvalue weighted by Crippen LogP contribution is 2.16. The molecule has 0 aliphatic rings. The van der Waals surface area contributed by atoms with Crippen LogP contribution in [-0.2, 0) is 9.59 Å². The zero-order valence-corrected chi connectivity index (χ0v) is 10.9. The lowest BCUT2D eigenvalue weighted by molar-refractivity contribution is -0.130. The van der Waals surface area contributed by atoms with Gasteiger partial charge in [0.15, 0.2) is 0 Å². The molecule has 18 heavy (non-hydrogen) atoms. The van der Waals surface area contributed by atoms with E-state index in [9.17, 15) is 9.59 Å². The summed E-state index contributed by atoms with van der Waals surface area (Å²) in [4.78, 5) is 23.2. The Bertz CT molecular complexity index is 450. The van der Waals surface area contributed by atoms with Crippen molar-refractivity contribution in [3.63, 3.8) is 0 Å². The number of rotatable bonds is 3. The lowest BCUT2D eigenvalue weighted by Gasteiger charge is -2.17. The second-order valence-corrected chi connectivity index (χ2v) is 5.07. The minimum atomic E-state index is -0.508. The van der Waals surface area contributed by atoms with E-state index in [0.29, 0.717) is 11.4 Å². The molecule has 0 saturated heterocycles. The van der Waals surface area contributed by atoms with Gasteiger partial charge >= 0.3 is 0 Å². The standard InChI is InChI=1S/C13H19N3O2/c1-13(2,3)12(18)15-8-11(17)16-10-7-5-4-6-9(10)14/h4-7H,8,14H2,1-3H3,(H,15,18)(H,16,17). The van der Waals surface area contributed by atoms with Gasteiger partial charge in [0.05, 0.1) is 17.9 Å². The molecular weight excluding hydrogens is 230 g/mol. The van der Waals surface area contributed by atoms with E-state index in [1.165, 1.54) is 0 Å². The van der Waals surface area contributed by atoms with Crippen LogP contribution in [0.2, 0.25) is 0 Å². The van der Waals surface area contributed by atoms with Crippen molar-refractivity contribution in [2.24, 2.45) is 5.41 Å². The van der Waals surface area contributed by atoms with Gasteiger partial charge in [-0.05, 0) is 12.1 Å². The summed E-state index contributed by atoms with van der Waals surface area (Å²) in [6, 6.07) is 6.97. The number of carbonyl (C=O) groups is 2. The van der Waals surface area contributed by atoms with E-state index >= 15 is 0 Å². The number of nitrogens with one attached hydrogen (secondary N) is 2. The van der Waals surface area contributed by atoms with Crippen molar-refractivity contribution in [1.82, 2.24) is 5.32 Å². The maximum absolute atomic E-state index is 11.6. The fourth-order valence-corrected chi connectivity index (χ4v) is 1.23. The van der Waals surface area contributed by atoms with E-state index in [-0.39, 0.29) is 18.4 Å². The zero-order chi connectivity index (χ0) is 13.8. The molecule has 1 aromatic rings. The molecule has 98 valence electrons. The predicted octanol–water partition coefficient (Wildman–Crippen LogP) is 1.37. The molecule has 1 rings (SSSR count). The van der Waals surface area contributed by atoms with Crippen LogP contribution in [0.4, 0.5) is 11.4 Å². The van der Waals surface area contributed by atoms with Crippen LogP contribution < -0.4 is 16.4 Å². The first kappa shape index (κ1) is 14.0. The van der Waals surface area contributed by atoms with Gasteiger partial charge in [0.2, 0.25) is 11.8 Å². The monoisotopic (exact) mass is 249 g/mol. The van der Waals surface area contributed by atoms with Gasteiger partial charge in [0.1, 0.15) is 0 Å². The van der Waals surface area contributed by atoms with Gasteiger partial charge in [0, 0.05) is 5.41 Å². The van der Waals surface area contributed by atoms with Crippen LogP contribution in [0.15, 0.2) is 24.3 Å². The lowest BCUT2D eigenvalue weighted by Crippen LogP contribution is -2.39. The average molecular weight is 249 g/mol. The summed E-state index contributed by atoms with van der Waals surface area (Å²) in [5.74, 6) is -0.468. The van der Waals surface area contributed by atoms with Crippen LogP contribution in [0.25, 0.3) is 0 Å². The third-order valence-electron chi connectivity index (χ3n) is 2.33. The molecule has 0 saturated carbocycles. The molecule has 0 radical (unpaired) electrons. The van der Waals surface area contributed by atoms with Crippen molar-refractivity contribution in [2.45, 2.75) is 20.8 Å². The van der Waals surface area contributed by atoms with Crippen molar-refractivity contribution in [3.8, 4) is 0 Å². The number of nitrogens with two attached hydrogens (primary N) is 1. The van der Waals surface area contributed by atoms with Gasteiger partial charge < -0.3 is 16.4 Å². The van der Waals surface area contributed by atoms with Crippen LogP contribution >= 0.6 is 0 Å². The molecular formula is C13H19N3O2. The van der Waals surface area contributed by atoms with Gasteiger partial charge in [-0.1, -0.05) is 32.9 Å². The molecule has 0 aliphatic heterocycles. The third kappa shape index (κ3) is 4.08. The Labute approximate surface area is 107 Å². The van der Waals surface area contributed by atoms with Crippen molar-refractivity contribution in [1.29, 1.82) is 0 Å². The molecule has 5 nitrogen and oxygen atoms in total. The highest BCUT2D eigenvalue weighted by atomic mass is 16.2. The Morgan fingerprint density at radius 3 is 2.39 bits per heavy atom. The SMILES string of the molecule is CC(C)(C)C(=O)NCC(=O)Nc1ccccc1N. The Morgan fingerprint density at radius 2 is 1.83 bits per heavy atom. The molecule has 4 N–H and O–H groups in total. The highest BCUT2D eigenvalue weighted by Gasteiger charge is 2.21. The van der Waals surface area contributed by atoms with Crippen molar-refractivity contribution >= 4 is 23.2 Å². The number of para-hydroxylation sites is 2. The number of anilines is 2. The van der Waals surface area contributed by atoms with E-state index in [4.69, 9.17) is 5.73 Å². The maximum Gasteiger partial charge on any atom is 0.243 e. The molecule has 0 heterocycles. The van der Waals surface area contributed by atoms with Crippen LogP contribution in [0, 0.1) is 5.41 Å². The number of nitrogen functional groups attached to an aromatic ring is 1.